The van der Waals surface area contributed by atoms with Crippen molar-refractivity contribution in [2.45, 2.75) is 41.0 Å². The molecule has 3 rings (SSSR count). The molecule has 0 N–H and O–H groups in total. The summed E-state index contributed by atoms with van der Waals surface area (Å²) in [5, 5.41) is 0. The summed E-state index contributed by atoms with van der Waals surface area (Å²) in [5.41, 5.74) is 0. The van der Waals surface area contributed by atoms with Crippen LogP contribution in [-0.2, 0) is 0 Å². The zero-order valence-corrected chi connectivity index (χ0v) is 10.9. The average Bonchev–Trinajstić information content (AvgIpc) is 3.10. The molecule has 0 heteroatoms. The third kappa shape index (κ3) is 1.26. The van der Waals surface area contributed by atoms with E-state index in [4.69, 9.17) is 0 Å². The lowest BCUT2D eigenvalue weighted by molar-refractivity contribution is 0.509. The van der Waals surface area contributed by atoms with Gasteiger partial charge in [0.25, 0.3) is 0 Å². The van der Waals surface area contributed by atoms with E-state index in [2.05, 4.69) is 34.6 Å². The first-order valence-corrected chi connectivity index (χ1v) is 7.09. The van der Waals surface area contributed by atoms with E-state index in [1.54, 1.807) is 0 Å². The molecular formula is C15H26. The highest BCUT2D eigenvalue weighted by Crippen LogP contribution is 2.72. The SMILES string of the molecule is CCC1C(C)C1C1C(C)C1C1C(C)C1C. The van der Waals surface area contributed by atoms with Gasteiger partial charge in [-0.15, -0.1) is 0 Å². The molecule has 0 amide bonds. The Morgan fingerprint density at radius 2 is 1.13 bits per heavy atom. The van der Waals surface area contributed by atoms with Gasteiger partial charge >= 0.3 is 0 Å². The van der Waals surface area contributed by atoms with Crippen LogP contribution in [0.2, 0.25) is 0 Å². The van der Waals surface area contributed by atoms with Crippen molar-refractivity contribution >= 4 is 0 Å². The van der Waals surface area contributed by atoms with Gasteiger partial charge in [0.1, 0.15) is 0 Å². The van der Waals surface area contributed by atoms with Crippen molar-refractivity contribution in [3.63, 3.8) is 0 Å². The van der Waals surface area contributed by atoms with Crippen molar-refractivity contribution in [1.82, 2.24) is 0 Å². The van der Waals surface area contributed by atoms with Crippen LogP contribution in [0.5, 0.6) is 0 Å². The molecule has 0 aromatic rings. The van der Waals surface area contributed by atoms with Crippen molar-refractivity contribution in [3.8, 4) is 0 Å². The van der Waals surface area contributed by atoms with E-state index in [0.29, 0.717) is 0 Å². The summed E-state index contributed by atoms with van der Waals surface area (Å²) >= 11 is 0. The monoisotopic (exact) mass is 206 g/mol. The van der Waals surface area contributed by atoms with Crippen LogP contribution in [0, 0.1) is 53.3 Å². The summed E-state index contributed by atoms with van der Waals surface area (Å²) in [4.78, 5) is 0. The van der Waals surface area contributed by atoms with Gasteiger partial charge in [-0.25, -0.2) is 0 Å². The van der Waals surface area contributed by atoms with Crippen LogP contribution in [0.4, 0.5) is 0 Å². The van der Waals surface area contributed by atoms with E-state index in [1.807, 2.05) is 0 Å². The minimum absolute atomic E-state index is 1.04. The third-order valence-corrected chi connectivity index (χ3v) is 6.42. The smallest absolute Gasteiger partial charge is 0.0318 e. The normalized spacial score (nSPS) is 66.6. The summed E-state index contributed by atoms with van der Waals surface area (Å²) in [7, 11) is 0. The molecular weight excluding hydrogens is 180 g/mol. The molecule has 0 radical (unpaired) electrons. The van der Waals surface area contributed by atoms with E-state index in [9.17, 15) is 0 Å². The van der Waals surface area contributed by atoms with Crippen LogP contribution in [0.15, 0.2) is 0 Å². The minimum atomic E-state index is 1.04. The molecule has 0 saturated heterocycles. The van der Waals surface area contributed by atoms with Crippen molar-refractivity contribution < 1.29 is 0 Å². The molecule has 0 aromatic carbocycles. The first-order chi connectivity index (χ1) is 7.09. The Kier molecular flexibility index (Phi) is 2.05. The van der Waals surface area contributed by atoms with Gasteiger partial charge in [-0.2, -0.15) is 0 Å². The molecule has 0 aromatic heterocycles. The van der Waals surface area contributed by atoms with Gasteiger partial charge in [0, 0.05) is 0 Å². The lowest BCUT2D eigenvalue weighted by Crippen LogP contribution is -1.92. The summed E-state index contributed by atoms with van der Waals surface area (Å²) in [6.07, 6.45) is 1.43. The molecule has 8 unspecified atom stereocenters. The maximum Gasteiger partial charge on any atom is -0.0318 e. The van der Waals surface area contributed by atoms with E-state index < -0.39 is 0 Å². The molecule has 0 heterocycles. The van der Waals surface area contributed by atoms with Gasteiger partial charge < -0.3 is 0 Å². The highest BCUT2D eigenvalue weighted by Gasteiger charge is 2.67. The van der Waals surface area contributed by atoms with Gasteiger partial charge in [0.2, 0.25) is 0 Å². The summed E-state index contributed by atoms with van der Waals surface area (Å²) in [6.45, 7) is 12.3. The Morgan fingerprint density at radius 3 is 1.53 bits per heavy atom. The molecule has 8 atom stereocenters. The first-order valence-electron chi connectivity index (χ1n) is 7.09. The molecule has 0 nitrogen and oxygen atoms in total. The number of hydrogen-bond donors (Lipinski definition) is 0. The third-order valence-electron chi connectivity index (χ3n) is 6.42. The molecule has 15 heavy (non-hydrogen) atoms. The first kappa shape index (κ1) is 10.2. The van der Waals surface area contributed by atoms with Crippen LogP contribution in [0.1, 0.15) is 41.0 Å². The van der Waals surface area contributed by atoms with Crippen LogP contribution in [-0.4, -0.2) is 0 Å². The summed E-state index contributed by atoms with van der Waals surface area (Å²) < 4.78 is 0. The summed E-state index contributed by atoms with van der Waals surface area (Å²) in [6, 6.07) is 0. The van der Waals surface area contributed by atoms with Crippen molar-refractivity contribution in [3.05, 3.63) is 0 Å². The van der Waals surface area contributed by atoms with Crippen LogP contribution in [0.3, 0.4) is 0 Å². The predicted molar refractivity (Wildman–Crippen MR) is 64.4 cm³/mol. The molecule has 3 aliphatic rings. The highest BCUT2D eigenvalue weighted by atomic mass is 14.7. The second-order valence-corrected chi connectivity index (χ2v) is 6.82. The van der Waals surface area contributed by atoms with Crippen LogP contribution < -0.4 is 0 Å². The molecule has 3 saturated carbocycles. The second kappa shape index (κ2) is 3.02. The molecule has 86 valence electrons. The highest BCUT2D eigenvalue weighted by molar-refractivity contribution is 5.15. The lowest BCUT2D eigenvalue weighted by atomic mass is 10.1. The van der Waals surface area contributed by atoms with Crippen molar-refractivity contribution in [1.29, 1.82) is 0 Å². The van der Waals surface area contributed by atoms with Gasteiger partial charge in [-0.05, 0) is 53.3 Å². The van der Waals surface area contributed by atoms with Crippen molar-refractivity contribution in [2.24, 2.45) is 53.3 Å². The van der Waals surface area contributed by atoms with Gasteiger partial charge in [0.15, 0.2) is 0 Å². The van der Waals surface area contributed by atoms with Gasteiger partial charge in [-0.1, -0.05) is 41.0 Å². The van der Waals surface area contributed by atoms with Crippen LogP contribution >= 0.6 is 0 Å². The minimum Gasteiger partial charge on any atom is -0.0651 e. The summed E-state index contributed by atoms with van der Waals surface area (Å²) in [5.74, 6) is 9.76. The molecule has 3 fully saturated rings. The van der Waals surface area contributed by atoms with E-state index in [0.717, 1.165) is 53.3 Å². The Bertz CT molecular complexity index is 261. The zero-order chi connectivity index (χ0) is 10.9. The molecule has 3 aliphatic carbocycles. The maximum atomic E-state index is 2.52. The van der Waals surface area contributed by atoms with E-state index in [1.165, 1.54) is 6.42 Å². The van der Waals surface area contributed by atoms with Gasteiger partial charge in [-0.3, -0.25) is 0 Å². The molecule has 0 spiro atoms. The largest absolute Gasteiger partial charge is 0.0651 e. The fourth-order valence-electron chi connectivity index (χ4n) is 5.00. The number of rotatable bonds is 3. The fourth-order valence-corrected chi connectivity index (χ4v) is 5.00. The Hall–Kier alpha value is 0. The lowest BCUT2D eigenvalue weighted by Gasteiger charge is -1.96. The van der Waals surface area contributed by atoms with Crippen LogP contribution in [0.25, 0.3) is 0 Å². The second-order valence-electron chi connectivity index (χ2n) is 6.82. The Balaban J connectivity index is 1.62. The Labute approximate surface area is 94.8 Å². The van der Waals surface area contributed by atoms with Gasteiger partial charge in [0.05, 0.1) is 0 Å². The average molecular weight is 206 g/mol. The van der Waals surface area contributed by atoms with Crippen molar-refractivity contribution in [2.75, 3.05) is 0 Å². The topological polar surface area (TPSA) is 0 Å². The maximum absolute atomic E-state index is 2.52. The number of hydrogen-bond acceptors (Lipinski definition) is 0. The predicted octanol–water partition coefficient (Wildman–Crippen LogP) is 4.06. The quantitative estimate of drug-likeness (QED) is 0.653. The molecule has 0 aliphatic heterocycles. The Morgan fingerprint density at radius 1 is 0.600 bits per heavy atom. The van der Waals surface area contributed by atoms with E-state index in [-0.39, 0.29) is 0 Å². The molecule has 0 bridgehead atoms. The fraction of sp³-hybridized carbons (Fsp3) is 1.00. The van der Waals surface area contributed by atoms with E-state index >= 15 is 0 Å². The standard InChI is InChI=1S/C15H26/c1-6-11-9(4)13(11)15-10(5)14(15)12-7(2)8(12)3/h7-15H,6H2,1-5H3. The zero-order valence-electron chi connectivity index (χ0n) is 10.9.